The van der Waals surface area contributed by atoms with Crippen LogP contribution in [-0.4, -0.2) is 30.3 Å². The molecule has 0 saturated carbocycles. The number of carbonyl (C=O) groups is 1. The van der Waals surface area contributed by atoms with Crippen molar-refractivity contribution >= 4 is 6.09 Å². The summed E-state index contributed by atoms with van der Waals surface area (Å²) in [5.74, 6) is 1.04. The molecule has 0 aromatic carbocycles. The molecular formula is C16H34N2O2. The van der Waals surface area contributed by atoms with E-state index in [0.717, 1.165) is 13.0 Å². The van der Waals surface area contributed by atoms with Crippen molar-refractivity contribution in [2.75, 3.05) is 6.54 Å². The molecule has 0 aliphatic rings. The molecule has 0 aromatic rings. The van der Waals surface area contributed by atoms with E-state index in [4.69, 9.17) is 4.74 Å². The van der Waals surface area contributed by atoms with Crippen LogP contribution in [-0.2, 0) is 4.74 Å². The molecule has 0 radical (unpaired) electrons. The van der Waals surface area contributed by atoms with Gasteiger partial charge in [0.05, 0.1) is 0 Å². The zero-order valence-corrected chi connectivity index (χ0v) is 14.5. The van der Waals surface area contributed by atoms with Gasteiger partial charge >= 0.3 is 6.09 Å². The van der Waals surface area contributed by atoms with Crippen LogP contribution in [0.25, 0.3) is 0 Å². The number of amides is 1. The van der Waals surface area contributed by atoms with Gasteiger partial charge in [0.15, 0.2) is 0 Å². The number of carbonyl (C=O) groups excluding carboxylic acids is 1. The molecule has 0 fully saturated rings. The second-order valence-electron chi connectivity index (χ2n) is 7.44. The Hall–Kier alpha value is -0.770. The van der Waals surface area contributed by atoms with E-state index in [1.165, 1.54) is 0 Å². The standard InChI is InChI=1S/C16H34N2O2/c1-11(2)9-13(5)17-10-14(12(3)4)18-15(19)20-16(6,7)8/h11-14,17H,9-10H2,1-8H3,(H,18,19). The molecule has 0 saturated heterocycles. The van der Waals surface area contributed by atoms with Crippen LogP contribution in [0.2, 0.25) is 0 Å². The van der Waals surface area contributed by atoms with E-state index < -0.39 is 5.60 Å². The molecule has 4 heteroatoms. The normalized spacial score (nSPS) is 15.3. The van der Waals surface area contributed by atoms with E-state index in [2.05, 4.69) is 45.3 Å². The Morgan fingerprint density at radius 1 is 1.10 bits per heavy atom. The second kappa shape index (κ2) is 8.50. The third-order valence-corrected chi connectivity index (χ3v) is 3.02. The smallest absolute Gasteiger partial charge is 0.407 e. The maximum Gasteiger partial charge on any atom is 0.407 e. The van der Waals surface area contributed by atoms with Gasteiger partial charge in [-0.05, 0) is 46.0 Å². The quantitative estimate of drug-likeness (QED) is 0.752. The molecular weight excluding hydrogens is 252 g/mol. The lowest BCUT2D eigenvalue weighted by molar-refractivity contribution is 0.0489. The minimum Gasteiger partial charge on any atom is -0.444 e. The molecule has 4 nitrogen and oxygen atoms in total. The van der Waals surface area contributed by atoms with Gasteiger partial charge in [-0.2, -0.15) is 0 Å². The van der Waals surface area contributed by atoms with Gasteiger partial charge in [0, 0.05) is 18.6 Å². The van der Waals surface area contributed by atoms with Gasteiger partial charge in [-0.15, -0.1) is 0 Å². The summed E-state index contributed by atoms with van der Waals surface area (Å²) in [6.07, 6.45) is 0.798. The highest BCUT2D eigenvalue weighted by Gasteiger charge is 2.21. The molecule has 0 heterocycles. The van der Waals surface area contributed by atoms with Crippen LogP contribution in [0.4, 0.5) is 4.79 Å². The van der Waals surface area contributed by atoms with Gasteiger partial charge in [0.1, 0.15) is 5.60 Å². The van der Waals surface area contributed by atoms with Crippen molar-refractivity contribution in [1.82, 2.24) is 10.6 Å². The Bertz CT molecular complexity index is 283. The largest absolute Gasteiger partial charge is 0.444 e. The molecule has 2 unspecified atom stereocenters. The van der Waals surface area contributed by atoms with Crippen LogP contribution in [0.15, 0.2) is 0 Å². The predicted octanol–water partition coefficient (Wildman–Crippen LogP) is 3.56. The number of nitrogens with one attached hydrogen (secondary N) is 2. The van der Waals surface area contributed by atoms with Gasteiger partial charge in [0.2, 0.25) is 0 Å². The highest BCUT2D eigenvalue weighted by Crippen LogP contribution is 2.09. The Morgan fingerprint density at radius 2 is 1.65 bits per heavy atom. The van der Waals surface area contributed by atoms with Crippen LogP contribution in [0, 0.1) is 11.8 Å². The first-order valence-electron chi connectivity index (χ1n) is 7.74. The number of rotatable bonds is 7. The molecule has 0 bridgehead atoms. The molecule has 20 heavy (non-hydrogen) atoms. The number of hydrogen-bond acceptors (Lipinski definition) is 3. The van der Waals surface area contributed by atoms with Crippen LogP contribution in [0.1, 0.15) is 61.8 Å². The Labute approximate surface area is 125 Å². The van der Waals surface area contributed by atoms with Crippen molar-refractivity contribution in [2.45, 2.75) is 79.5 Å². The minimum atomic E-state index is -0.454. The summed E-state index contributed by atoms with van der Waals surface area (Å²) in [5.41, 5.74) is -0.454. The SMILES string of the molecule is CC(C)CC(C)NCC(NC(=O)OC(C)(C)C)C(C)C. The first-order valence-corrected chi connectivity index (χ1v) is 7.74. The molecule has 2 atom stereocenters. The Balaban J connectivity index is 4.27. The maximum atomic E-state index is 11.8. The van der Waals surface area contributed by atoms with Gasteiger partial charge in [0.25, 0.3) is 0 Å². The monoisotopic (exact) mass is 286 g/mol. The first-order chi connectivity index (χ1) is 9.01. The van der Waals surface area contributed by atoms with Crippen molar-refractivity contribution in [3.63, 3.8) is 0 Å². The number of hydrogen-bond donors (Lipinski definition) is 2. The van der Waals surface area contributed by atoms with E-state index in [-0.39, 0.29) is 12.1 Å². The summed E-state index contributed by atoms with van der Waals surface area (Å²) in [5, 5.41) is 6.45. The van der Waals surface area contributed by atoms with E-state index in [1.807, 2.05) is 20.8 Å². The van der Waals surface area contributed by atoms with Crippen molar-refractivity contribution < 1.29 is 9.53 Å². The van der Waals surface area contributed by atoms with Crippen LogP contribution < -0.4 is 10.6 Å². The van der Waals surface area contributed by atoms with Gasteiger partial charge < -0.3 is 15.4 Å². The van der Waals surface area contributed by atoms with Crippen molar-refractivity contribution in [3.8, 4) is 0 Å². The Morgan fingerprint density at radius 3 is 2.05 bits per heavy atom. The molecule has 120 valence electrons. The van der Waals surface area contributed by atoms with E-state index in [9.17, 15) is 4.79 Å². The zero-order chi connectivity index (χ0) is 15.9. The molecule has 0 spiro atoms. The molecule has 0 aromatic heterocycles. The van der Waals surface area contributed by atoms with Crippen molar-refractivity contribution in [1.29, 1.82) is 0 Å². The van der Waals surface area contributed by atoms with E-state index in [1.54, 1.807) is 0 Å². The molecule has 0 rings (SSSR count). The van der Waals surface area contributed by atoms with Crippen LogP contribution >= 0.6 is 0 Å². The average Bonchev–Trinajstić information content (AvgIpc) is 2.19. The minimum absolute atomic E-state index is 0.0828. The second-order valence-corrected chi connectivity index (χ2v) is 7.44. The summed E-state index contributed by atoms with van der Waals surface area (Å²) >= 11 is 0. The lowest BCUT2D eigenvalue weighted by Crippen LogP contribution is -2.48. The topological polar surface area (TPSA) is 50.4 Å². The number of alkyl carbamates (subject to hydrolysis) is 1. The fourth-order valence-corrected chi connectivity index (χ4v) is 2.03. The van der Waals surface area contributed by atoms with Crippen LogP contribution in [0.3, 0.4) is 0 Å². The first kappa shape index (κ1) is 19.2. The molecule has 2 N–H and O–H groups in total. The van der Waals surface area contributed by atoms with Crippen molar-refractivity contribution in [3.05, 3.63) is 0 Å². The van der Waals surface area contributed by atoms with Crippen molar-refractivity contribution in [2.24, 2.45) is 11.8 Å². The summed E-state index contributed by atoms with van der Waals surface area (Å²) in [6, 6.07) is 0.538. The van der Waals surface area contributed by atoms with Gasteiger partial charge in [-0.25, -0.2) is 4.79 Å². The fraction of sp³-hybridized carbons (Fsp3) is 0.938. The van der Waals surface area contributed by atoms with E-state index >= 15 is 0 Å². The lowest BCUT2D eigenvalue weighted by Gasteiger charge is -2.27. The Kier molecular flexibility index (Phi) is 8.17. The summed E-state index contributed by atoms with van der Waals surface area (Å²) in [6.45, 7) is 17.2. The predicted molar refractivity (Wildman–Crippen MR) is 84.9 cm³/mol. The van der Waals surface area contributed by atoms with Crippen LogP contribution in [0.5, 0.6) is 0 Å². The molecule has 1 amide bonds. The van der Waals surface area contributed by atoms with Gasteiger partial charge in [-0.3, -0.25) is 0 Å². The van der Waals surface area contributed by atoms with E-state index in [0.29, 0.717) is 17.9 Å². The lowest BCUT2D eigenvalue weighted by atomic mass is 10.0. The third kappa shape index (κ3) is 10.1. The summed E-state index contributed by atoms with van der Waals surface area (Å²) < 4.78 is 5.31. The maximum absolute atomic E-state index is 11.8. The van der Waals surface area contributed by atoms with Gasteiger partial charge in [-0.1, -0.05) is 27.7 Å². The molecule has 0 aliphatic heterocycles. The average molecular weight is 286 g/mol. The number of ether oxygens (including phenoxy) is 1. The summed E-state index contributed by atoms with van der Waals surface area (Å²) in [7, 11) is 0. The summed E-state index contributed by atoms with van der Waals surface area (Å²) in [4.78, 5) is 11.8. The highest BCUT2D eigenvalue weighted by atomic mass is 16.6. The highest BCUT2D eigenvalue weighted by molar-refractivity contribution is 5.68. The third-order valence-electron chi connectivity index (χ3n) is 3.02. The zero-order valence-electron chi connectivity index (χ0n) is 14.5. The fourth-order valence-electron chi connectivity index (χ4n) is 2.03. The molecule has 0 aliphatic carbocycles.